The number of benzene rings is 1. The van der Waals surface area contributed by atoms with Crippen LogP contribution in [0.2, 0.25) is 0 Å². The van der Waals surface area contributed by atoms with Crippen molar-refractivity contribution in [2.45, 2.75) is 51.0 Å². The van der Waals surface area contributed by atoms with Crippen molar-refractivity contribution in [2.24, 2.45) is 0 Å². The van der Waals surface area contributed by atoms with Crippen molar-refractivity contribution in [3.05, 3.63) is 60.2 Å². The molecule has 0 aromatic heterocycles. The van der Waals surface area contributed by atoms with E-state index >= 15 is 0 Å². The Labute approximate surface area is 127 Å². The van der Waals surface area contributed by atoms with Crippen LogP contribution in [-0.4, -0.2) is 12.1 Å². The van der Waals surface area contributed by atoms with Crippen molar-refractivity contribution in [3.8, 4) is 0 Å². The van der Waals surface area contributed by atoms with Crippen LogP contribution in [-0.2, 0) is 4.74 Å². The highest BCUT2D eigenvalue weighted by molar-refractivity contribution is 5.89. The summed E-state index contributed by atoms with van der Waals surface area (Å²) in [6.45, 7) is 0. The highest BCUT2D eigenvalue weighted by Gasteiger charge is 2.14. The Kier molecular flexibility index (Phi) is 6.79. The molecule has 0 heterocycles. The summed E-state index contributed by atoms with van der Waals surface area (Å²) in [6, 6.07) is 9.11. The van der Waals surface area contributed by atoms with Crippen LogP contribution < -0.4 is 0 Å². The summed E-state index contributed by atoms with van der Waals surface area (Å²) in [6.07, 6.45) is 17.2. The summed E-state index contributed by atoms with van der Waals surface area (Å²) in [5.74, 6) is -0.229. The minimum absolute atomic E-state index is 0.0357. The van der Waals surface area contributed by atoms with Crippen LogP contribution in [0.3, 0.4) is 0 Å². The third-order valence-electron chi connectivity index (χ3n) is 3.64. The van der Waals surface area contributed by atoms with E-state index in [0.29, 0.717) is 5.56 Å². The molecule has 1 unspecified atom stereocenters. The zero-order valence-corrected chi connectivity index (χ0v) is 12.5. The number of ether oxygens (including phenoxy) is 1. The maximum Gasteiger partial charge on any atom is 0.338 e. The number of allylic oxidation sites excluding steroid dienone is 3. The third-order valence-corrected chi connectivity index (χ3v) is 3.64. The van der Waals surface area contributed by atoms with Gasteiger partial charge in [-0.3, -0.25) is 0 Å². The fourth-order valence-electron chi connectivity index (χ4n) is 2.42. The molecule has 0 bridgehead atoms. The Morgan fingerprint density at radius 2 is 1.57 bits per heavy atom. The average Bonchev–Trinajstić information content (AvgIpc) is 2.59. The number of rotatable bonds is 2. The van der Waals surface area contributed by atoms with Gasteiger partial charge in [0.15, 0.2) is 0 Å². The molecule has 1 atom stereocenters. The lowest BCUT2D eigenvalue weighted by Crippen LogP contribution is -2.17. The lowest BCUT2D eigenvalue weighted by atomic mass is 10.1. The maximum absolute atomic E-state index is 11.7. The molecule has 3 rings (SSSR count). The minimum atomic E-state index is -0.229. The molecule has 0 spiro atoms. The van der Waals surface area contributed by atoms with Crippen LogP contribution in [0, 0.1) is 0 Å². The van der Waals surface area contributed by atoms with Crippen molar-refractivity contribution < 1.29 is 9.53 Å². The van der Waals surface area contributed by atoms with E-state index in [1.807, 2.05) is 24.3 Å². The first-order valence-electron chi connectivity index (χ1n) is 7.94. The van der Waals surface area contributed by atoms with Crippen LogP contribution >= 0.6 is 0 Å². The van der Waals surface area contributed by atoms with Gasteiger partial charge in [0.25, 0.3) is 0 Å². The molecule has 2 heteroatoms. The highest BCUT2D eigenvalue weighted by Crippen LogP contribution is 2.15. The van der Waals surface area contributed by atoms with Gasteiger partial charge in [0, 0.05) is 0 Å². The quantitative estimate of drug-likeness (QED) is 0.560. The van der Waals surface area contributed by atoms with Crippen molar-refractivity contribution in [3.63, 3.8) is 0 Å². The van der Waals surface area contributed by atoms with E-state index in [4.69, 9.17) is 4.74 Å². The zero-order valence-electron chi connectivity index (χ0n) is 12.5. The van der Waals surface area contributed by atoms with E-state index in [1.54, 1.807) is 12.1 Å². The number of carbonyl (C=O) groups excluding carboxylic acids is 1. The average molecular weight is 284 g/mol. The summed E-state index contributed by atoms with van der Waals surface area (Å²) in [5.41, 5.74) is 0.622. The second kappa shape index (κ2) is 9.17. The first kappa shape index (κ1) is 15.6. The lowest BCUT2D eigenvalue weighted by Gasteiger charge is -2.16. The summed E-state index contributed by atoms with van der Waals surface area (Å²) in [5, 5.41) is 0. The Morgan fingerprint density at radius 1 is 0.905 bits per heavy atom. The normalized spacial score (nSPS) is 20.3. The first-order chi connectivity index (χ1) is 10.4. The van der Waals surface area contributed by atoms with Gasteiger partial charge in [-0.15, -0.1) is 0 Å². The van der Waals surface area contributed by atoms with Gasteiger partial charge >= 0.3 is 5.97 Å². The minimum Gasteiger partial charge on any atom is -0.455 e. The molecule has 1 aromatic rings. The molecule has 0 fully saturated rings. The predicted molar refractivity (Wildman–Crippen MR) is 86.2 cm³/mol. The van der Waals surface area contributed by atoms with Crippen LogP contribution in [0.1, 0.15) is 55.3 Å². The Balaban J connectivity index is 0.000000225. The number of esters is 1. The van der Waals surface area contributed by atoms with Gasteiger partial charge in [0.2, 0.25) is 0 Å². The molecule has 2 aliphatic carbocycles. The first-order valence-corrected chi connectivity index (χ1v) is 7.94. The second-order valence-corrected chi connectivity index (χ2v) is 5.42. The Hall–Kier alpha value is -1.83. The second-order valence-electron chi connectivity index (χ2n) is 5.42. The van der Waals surface area contributed by atoms with Crippen molar-refractivity contribution in [2.75, 3.05) is 0 Å². The van der Waals surface area contributed by atoms with E-state index < -0.39 is 0 Å². The zero-order chi connectivity index (χ0) is 14.8. The number of carbonyl (C=O) groups is 1. The topological polar surface area (TPSA) is 26.3 Å². The van der Waals surface area contributed by atoms with E-state index in [0.717, 1.165) is 19.3 Å². The molecule has 0 saturated carbocycles. The monoisotopic (exact) mass is 284 g/mol. The highest BCUT2D eigenvalue weighted by atomic mass is 16.5. The molecular formula is C19H24O2. The van der Waals surface area contributed by atoms with Gasteiger partial charge in [-0.25, -0.2) is 4.79 Å². The lowest BCUT2D eigenvalue weighted by molar-refractivity contribution is 0.0370. The van der Waals surface area contributed by atoms with E-state index in [2.05, 4.69) is 18.2 Å². The molecule has 1 aromatic carbocycles. The summed E-state index contributed by atoms with van der Waals surface area (Å²) >= 11 is 0. The molecular weight excluding hydrogens is 260 g/mol. The van der Waals surface area contributed by atoms with E-state index in [9.17, 15) is 4.79 Å². The van der Waals surface area contributed by atoms with Crippen LogP contribution in [0.15, 0.2) is 54.6 Å². The van der Waals surface area contributed by atoms with Gasteiger partial charge in [-0.05, 0) is 63.2 Å². The Morgan fingerprint density at radius 3 is 2.10 bits per heavy atom. The van der Waals surface area contributed by atoms with Gasteiger partial charge in [0.05, 0.1) is 5.56 Å². The summed E-state index contributed by atoms with van der Waals surface area (Å²) < 4.78 is 5.35. The molecule has 0 aliphatic heterocycles. The predicted octanol–water partition coefficient (Wildman–Crippen LogP) is 5.07. The molecule has 21 heavy (non-hydrogen) atoms. The molecule has 0 saturated heterocycles. The van der Waals surface area contributed by atoms with Crippen molar-refractivity contribution in [1.82, 2.24) is 0 Å². The molecule has 0 amide bonds. The van der Waals surface area contributed by atoms with E-state index in [-0.39, 0.29) is 12.1 Å². The van der Waals surface area contributed by atoms with Gasteiger partial charge in [-0.2, -0.15) is 0 Å². The standard InChI is InChI=1S/C13H14O2.C6H10/c14-13(11-7-3-1-4-8-11)15-12-9-5-2-6-10-12;1-2-4-6-5-3-1/h1,3-5,7-9,12H,2,6,10H2;1-2H,3-6H2. The summed E-state index contributed by atoms with van der Waals surface area (Å²) in [7, 11) is 0. The van der Waals surface area contributed by atoms with Crippen LogP contribution in [0.25, 0.3) is 0 Å². The molecule has 2 aliphatic rings. The fraction of sp³-hybridized carbons (Fsp3) is 0.421. The fourth-order valence-corrected chi connectivity index (χ4v) is 2.42. The molecule has 0 radical (unpaired) electrons. The van der Waals surface area contributed by atoms with E-state index in [1.165, 1.54) is 25.7 Å². The largest absolute Gasteiger partial charge is 0.455 e. The van der Waals surface area contributed by atoms with Gasteiger partial charge in [-0.1, -0.05) is 36.4 Å². The van der Waals surface area contributed by atoms with Crippen molar-refractivity contribution in [1.29, 1.82) is 0 Å². The summed E-state index contributed by atoms with van der Waals surface area (Å²) in [4.78, 5) is 11.7. The van der Waals surface area contributed by atoms with Gasteiger partial charge < -0.3 is 4.74 Å². The molecule has 112 valence electrons. The smallest absolute Gasteiger partial charge is 0.338 e. The number of hydrogen-bond acceptors (Lipinski definition) is 2. The van der Waals surface area contributed by atoms with Crippen molar-refractivity contribution >= 4 is 5.97 Å². The van der Waals surface area contributed by atoms with Crippen LogP contribution in [0.4, 0.5) is 0 Å². The third kappa shape index (κ3) is 5.99. The molecule has 2 nitrogen and oxygen atoms in total. The Bertz CT molecular complexity index is 466. The number of hydrogen-bond donors (Lipinski definition) is 0. The van der Waals surface area contributed by atoms with Crippen LogP contribution in [0.5, 0.6) is 0 Å². The maximum atomic E-state index is 11.7. The SMILES string of the molecule is C1=CCCCC1.O=C(OC1C=CCCC1)c1ccccc1. The van der Waals surface area contributed by atoms with Gasteiger partial charge in [0.1, 0.15) is 6.10 Å². The molecule has 0 N–H and O–H groups in total.